The smallest absolute Gasteiger partial charge is 0.141 e. The van der Waals surface area contributed by atoms with Gasteiger partial charge >= 0.3 is 0 Å². The molecule has 1 heterocycles. The van der Waals surface area contributed by atoms with Gasteiger partial charge in [0.1, 0.15) is 18.0 Å². The van der Waals surface area contributed by atoms with Crippen LogP contribution >= 0.6 is 0 Å². The van der Waals surface area contributed by atoms with Crippen molar-refractivity contribution in [3.05, 3.63) is 54.1 Å². The van der Waals surface area contributed by atoms with E-state index >= 15 is 0 Å². The lowest BCUT2D eigenvalue weighted by molar-refractivity contribution is 0.619. The maximum Gasteiger partial charge on any atom is 0.141 e. The average molecular weight is 268 g/mol. The van der Waals surface area contributed by atoms with E-state index in [0.717, 1.165) is 11.1 Å². The molecule has 0 spiro atoms. The van der Waals surface area contributed by atoms with Gasteiger partial charge in [-0.15, -0.1) is 0 Å². The molecule has 0 amide bonds. The van der Waals surface area contributed by atoms with Gasteiger partial charge in [0.25, 0.3) is 0 Å². The summed E-state index contributed by atoms with van der Waals surface area (Å²) in [6.07, 6.45) is 1.46. The van der Waals surface area contributed by atoms with Crippen LogP contribution in [-0.2, 0) is 0 Å². The second-order valence-electron chi connectivity index (χ2n) is 4.55. The third-order valence-corrected chi connectivity index (χ3v) is 3.12. The molecule has 0 saturated carbocycles. The number of para-hydroxylation sites is 1. The summed E-state index contributed by atoms with van der Waals surface area (Å²) in [5, 5.41) is 4.00. The highest BCUT2D eigenvalue weighted by molar-refractivity contribution is 5.97. The number of nitrogens with two attached hydrogens (primary N) is 1. The van der Waals surface area contributed by atoms with Crippen LogP contribution in [0.4, 0.5) is 21.6 Å². The molecular weight excluding hydrogens is 255 g/mol. The Bertz CT molecular complexity index is 786. The second-order valence-corrected chi connectivity index (χ2v) is 4.55. The van der Waals surface area contributed by atoms with Crippen LogP contribution in [0.5, 0.6) is 0 Å². The molecule has 100 valence electrons. The number of hydrogen-bond donors (Lipinski definition) is 2. The van der Waals surface area contributed by atoms with Crippen LogP contribution in [0.1, 0.15) is 5.56 Å². The average Bonchev–Trinajstić information content (AvgIpc) is 2.44. The van der Waals surface area contributed by atoms with E-state index in [1.165, 1.54) is 12.4 Å². The Labute approximate surface area is 115 Å². The van der Waals surface area contributed by atoms with Crippen LogP contribution < -0.4 is 11.1 Å². The highest BCUT2D eigenvalue weighted by Crippen LogP contribution is 2.26. The maximum absolute atomic E-state index is 13.3. The monoisotopic (exact) mass is 268 g/mol. The summed E-state index contributed by atoms with van der Waals surface area (Å²) >= 11 is 0. The van der Waals surface area contributed by atoms with Gasteiger partial charge in [-0.05, 0) is 42.8 Å². The summed E-state index contributed by atoms with van der Waals surface area (Å²) < 4.78 is 13.3. The van der Waals surface area contributed by atoms with E-state index in [9.17, 15) is 4.39 Å². The Kier molecular flexibility index (Phi) is 2.95. The fourth-order valence-corrected chi connectivity index (χ4v) is 2.07. The zero-order valence-corrected chi connectivity index (χ0v) is 10.9. The van der Waals surface area contributed by atoms with Crippen LogP contribution in [0.2, 0.25) is 0 Å². The molecule has 0 fully saturated rings. The molecule has 0 atom stereocenters. The number of nitrogens with zero attached hydrogens (tertiary/aromatic N) is 2. The predicted molar refractivity (Wildman–Crippen MR) is 78.4 cm³/mol. The number of anilines is 3. The van der Waals surface area contributed by atoms with Crippen molar-refractivity contribution in [1.29, 1.82) is 0 Å². The third-order valence-electron chi connectivity index (χ3n) is 3.12. The molecule has 0 aliphatic carbocycles. The van der Waals surface area contributed by atoms with Gasteiger partial charge in [0, 0.05) is 11.1 Å². The Morgan fingerprint density at radius 1 is 1.15 bits per heavy atom. The Hall–Kier alpha value is -2.69. The molecule has 3 aromatic rings. The quantitative estimate of drug-likeness (QED) is 0.699. The first-order valence-electron chi connectivity index (χ1n) is 6.17. The highest BCUT2D eigenvalue weighted by Gasteiger charge is 2.07. The van der Waals surface area contributed by atoms with Gasteiger partial charge in [-0.3, -0.25) is 0 Å². The van der Waals surface area contributed by atoms with Crippen LogP contribution in [-0.4, -0.2) is 9.97 Å². The predicted octanol–water partition coefficient (Wildman–Crippen LogP) is 3.40. The summed E-state index contributed by atoms with van der Waals surface area (Å²) in [5.41, 5.74) is 8.54. The van der Waals surface area contributed by atoms with Crippen LogP contribution in [0.15, 0.2) is 42.7 Å². The normalized spacial score (nSPS) is 10.7. The van der Waals surface area contributed by atoms with Crippen LogP contribution in [0.25, 0.3) is 10.9 Å². The summed E-state index contributed by atoms with van der Waals surface area (Å²) in [5.74, 6) is 0.417. The number of rotatable bonds is 2. The van der Waals surface area contributed by atoms with Crippen LogP contribution in [0.3, 0.4) is 0 Å². The van der Waals surface area contributed by atoms with Crippen molar-refractivity contribution in [3.63, 3.8) is 0 Å². The van der Waals surface area contributed by atoms with Crippen molar-refractivity contribution < 1.29 is 4.39 Å². The Morgan fingerprint density at radius 2 is 2.00 bits per heavy atom. The van der Waals surface area contributed by atoms with Crippen LogP contribution in [0, 0.1) is 12.7 Å². The third kappa shape index (κ3) is 2.14. The molecule has 5 heteroatoms. The minimum atomic E-state index is -0.229. The minimum Gasteiger partial charge on any atom is -0.397 e. The van der Waals surface area contributed by atoms with Crippen molar-refractivity contribution in [2.45, 2.75) is 6.92 Å². The van der Waals surface area contributed by atoms with E-state index in [2.05, 4.69) is 15.3 Å². The van der Waals surface area contributed by atoms with Crippen molar-refractivity contribution in [2.75, 3.05) is 11.1 Å². The summed E-state index contributed by atoms with van der Waals surface area (Å²) in [4.78, 5) is 8.40. The molecule has 0 aliphatic rings. The van der Waals surface area contributed by atoms with Gasteiger partial charge in [0.2, 0.25) is 0 Å². The number of fused-ring (bicyclic) bond motifs is 1. The molecule has 20 heavy (non-hydrogen) atoms. The van der Waals surface area contributed by atoms with E-state index < -0.39 is 0 Å². The maximum atomic E-state index is 13.3. The van der Waals surface area contributed by atoms with E-state index in [4.69, 9.17) is 5.73 Å². The molecule has 0 aliphatic heterocycles. The molecule has 0 bridgehead atoms. The van der Waals surface area contributed by atoms with Gasteiger partial charge in [0.15, 0.2) is 0 Å². The molecule has 3 N–H and O–H groups in total. The Morgan fingerprint density at radius 3 is 2.80 bits per heavy atom. The lowest BCUT2D eigenvalue weighted by Gasteiger charge is -2.10. The summed E-state index contributed by atoms with van der Waals surface area (Å²) in [6.45, 7) is 1.72. The lowest BCUT2D eigenvalue weighted by atomic mass is 10.2. The van der Waals surface area contributed by atoms with Gasteiger partial charge in [-0.25, -0.2) is 14.4 Å². The number of nitrogens with one attached hydrogen (secondary N) is 1. The molecule has 2 aromatic carbocycles. The first-order valence-corrected chi connectivity index (χ1v) is 6.17. The fraction of sp³-hybridized carbons (Fsp3) is 0.0667. The first-order chi connectivity index (χ1) is 9.65. The zero-order chi connectivity index (χ0) is 14.1. The molecule has 0 radical (unpaired) electrons. The number of nitrogen functional groups attached to an aromatic ring is 1. The first kappa shape index (κ1) is 12.3. The summed E-state index contributed by atoms with van der Waals surface area (Å²) in [7, 11) is 0. The van der Waals surface area contributed by atoms with Crippen molar-refractivity contribution in [2.24, 2.45) is 0 Å². The van der Waals surface area contributed by atoms with Gasteiger partial charge < -0.3 is 11.1 Å². The fourth-order valence-electron chi connectivity index (χ4n) is 2.07. The SMILES string of the molecule is Cc1cc(Nc2ncnc3c(N)cccc23)ccc1F. The van der Waals surface area contributed by atoms with Gasteiger partial charge in [0.05, 0.1) is 11.2 Å². The molecule has 4 nitrogen and oxygen atoms in total. The van der Waals surface area contributed by atoms with Crippen molar-refractivity contribution in [1.82, 2.24) is 9.97 Å². The molecular formula is C15H13FN4. The second kappa shape index (κ2) is 4.77. The topological polar surface area (TPSA) is 63.8 Å². The molecule has 0 unspecified atom stereocenters. The van der Waals surface area contributed by atoms with Gasteiger partial charge in [-0.1, -0.05) is 6.07 Å². The zero-order valence-electron chi connectivity index (χ0n) is 10.9. The van der Waals surface area contributed by atoms with E-state index in [1.807, 2.05) is 12.1 Å². The van der Waals surface area contributed by atoms with E-state index in [1.54, 1.807) is 25.1 Å². The largest absolute Gasteiger partial charge is 0.397 e. The van der Waals surface area contributed by atoms with Crippen molar-refractivity contribution in [3.8, 4) is 0 Å². The van der Waals surface area contributed by atoms with Gasteiger partial charge in [-0.2, -0.15) is 0 Å². The standard InChI is InChI=1S/C15H13FN4/c1-9-7-10(5-6-12(9)16)20-15-11-3-2-4-13(17)14(11)18-8-19-15/h2-8H,17H2,1H3,(H,18,19,20). The molecule has 0 saturated heterocycles. The number of hydrogen-bond acceptors (Lipinski definition) is 4. The van der Waals surface area contributed by atoms with E-state index in [-0.39, 0.29) is 5.82 Å². The number of aryl methyl sites for hydroxylation is 1. The minimum absolute atomic E-state index is 0.229. The highest BCUT2D eigenvalue weighted by atomic mass is 19.1. The number of halogens is 1. The van der Waals surface area contributed by atoms with Crippen molar-refractivity contribution >= 4 is 28.1 Å². The lowest BCUT2D eigenvalue weighted by Crippen LogP contribution is -1.98. The number of benzene rings is 2. The van der Waals surface area contributed by atoms with E-state index in [0.29, 0.717) is 22.6 Å². The summed E-state index contributed by atoms with van der Waals surface area (Å²) in [6, 6.07) is 10.4. The Balaban J connectivity index is 2.06. The number of aromatic nitrogens is 2. The molecule has 1 aromatic heterocycles. The molecule has 3 rings (SSSR count).